The molecule has 0 saturated carbocycles. The van der Waals surface area contributed by atoms with Crippen LogP contribution in [-0.2, 0) is 15.9 Å². The van der Waals surface area contributed by atoms with Crippen molar-refractivity contribution in [3.8, 4) is 0 Å². The summed E-state index contributed by atoms with van der Waals surface area (Å²) in [6.45, 7) is 7.41. The fourth-order valence-electron chi connectivity index (χ4n) is 3.17. The Hall–Kier alpha value is 0.370. The molecule has 0 amide bonds. The highest BCUT2D eigenvalue weighted by molar-refractivity contribution is 14.0. The third kappa shape index (κ3) is 7.19. The van der Waals surface area contributed by atoms with Gasteiger partial charge in [0.15, 0.2) is 0 Å². The average Bonchev–Trinajstić information content (AvgIpc) is 2.66. The van der Waals surface area contributed by atoms with Crippen molar-refractivity contribution in [2.24, 2.45) is 0 Å². The van der Waals surface area contributed by atoms with E-state index in [1.54, 1.807) is 14.2 Å². The lowest BCUT2D eigenvalue weighted by Gasteiger charge is -2.24. The van der Waals surface area contributed by atoms with Gasteiger partial charge < -0.3 is 38.4 Å². The Bertz CT molecular complexity index is 904. The van der Waals surface area contributed by atoms with Gasteiger partial charge in [-0.25, -0.2) is 4.98 Å². The fraction of sp³-hybridized carbons (Fsp3) is 0.429. The van der Waals surface area contributed by atoms with E-state index in [0.717, 1.165) is 30.5 Å². The number of halogens is 3. The van der Waals surface area contributed by atoms with Gasteiger partial charge in [-0.05, 0) is 30.5 Å². The van der Waals surface area contributed by atoms with E-state index in [-0.39, 0.29) is 71.9 Å². The maximum absolute atomic E-state index is 5.30. The summed E-state index contributed by atoms with van der Waals surface area (Å²) in [5.41, 5.74) is 5.98. The first-order chi connectivity index (χ1) is 12.7. The first-order valence-electron chi connectivity index (χ1n) is 9.06. The van der Waals surface area contributed by atoms with Crippen LogP contribution in [0.1, 0.15) is 18.1 Å². The van der Waals surface area contributed by atoms with E-state index >= 15 is 0 Å². The van der Waals surface area contributed by atoms with Gasteiger partial charge in [-0.15, -0.1) is 48.0 Å². The van der Waals surface area contributed by atoms with Crippen molar-refractivity contribution in [1.82, 2.24) is 4.98 Å². The molecule has 29 heavy (non-hydrogen) atoms. The Kier molecular flexibility index (Phi) is 14.6. The number of rotatable bonds is 8. The minimum absolute atomic E-state index is 0. The number of methoxy groups -OCH3 is 2. The standard InChI is InChI=1S/C21H27N2O2S.3HI/c1-5-16-13-17(23(9-11-24-3)10-12-25-4)14-19-21(16)22-20-15(2)7-6-8-18(20)26-19;;;/h6-8,13-14H,5,9-12H2,1-4H3;3*1H/q+1;;;/p-1. The third-order valence-electron chi connectivity index (χ3n) is 4.66. The molecule has 1 heterocycles. The molecule has 0 aliphatic rings. The van der Waals surface area contributed by atoms with Gasteiger partial charge in [0, 0.05) is 45.1 Å². The van der Waals surface area contributed by atoms with Gasteiger partial charge >= 0.3 is 0 Å². The lowest BCUT2D eigenvalue weighted by Crippen LogP contribution is -3.00. The molecule has 2 aromatic carbocycles. The van der Waals surface area contributed by atoms with Gasteiger partial charge in [0.25, 0.3) is 9.40 Å². The molecular weight excluding hydrogens is 725 g/mol. The van der Waals surface area contributed by atoms with Crippen molar-refractivity contribution >= 4 is 85.4 Å². The highest BCUT2D eigenvalue weighted by Gasteiger charge is 2.19. The molecule has 0 fully saturated rings. The Balaban J connectivity index is 0.00000261. The molecule has 0 aliphatic carbocycles. The summed E-state index contributed by atoms with van der Waals surface area (Å²) in [6, 6.07) is 10.9. The Morgan fingerprint density at radius 1 is 0.966 bits per heavy atom. The summed E-state index contributed by atoms with van der Waals surface area (Å²) >= 11 is 1.82. The zero-order valence-corrected chi connectivity index (χ0v) is 24.9. The molecule has 1 aromatic heterocycles. The maximum atomic E-state index is 5.30. The van der Waals surface area contributed by atoms with E-state index in [4.69, 9.17) is 14.5 Å². The van der Waals surface area contributed by atoms with Crippen molar-refractivity contribution in [2.75, 3.05) is 45.4 Å². The molecule has 8 heteroatoms. The number of hydrogen-bond acceptors (Lipinski definition) is 4. The molecule has 0 atom stereocenters. The maximum Gasteiger partial charge on any atom is 0.259 e. The van der Waals surface area contributed by atoms with Crippen LogP contribution in [0.4, 0.5) is 5.69 Å². The van der Waals surface area contributed by atoms with Crippen LogP contribution < -0.4 is 28.9 Å². The van der Waals surface area contributed by atoms with Crippen LogP contribution >= 0.6 is 59.3 Å². The summed E-state index contributed by atoms with van der Waals surface area (Å²) in [5.74, 6) is 0. The van der Waals surface area contributed by atoms with Crippen LogP contribution in [0.25, 0.3) is 20.4 Å². The van der Waals surface area contributed by atoms with Gasteiger partial charge in [0.2, 0.25) is 11.3 Å². The molecule has 3 aromatic rings. The minimum atomic E-state index is 0. The van der Waals surface area contributed by atoms with E-state index in [0.29, 0.717) is 13.2 Å². The molecule has 0 radical (unpaired) electrons. The Labute approximate surface area is 228 Å². The number of aryl methyl sites for hydroxylation is 2. The Morgan fingerprint density at radius 2 is 1.62 bits per heavy atom. The van der Waals surface area contributed by atoms with Crippen LogP contribution in [0.2, 0.25) is 0 Å². The van der Waals surface area contributed by atoms with Gasteiger partial charge in [0.1, 0.15) is 11.0 Å². The summed E-state index contributed by atoms with van der Waals surface area (Å²) in [6.07, 6.45) is 0.962. The number of fused-ring (bicyclic) bond motifs is 2. The number of para-hydroxylation sites is 1. The minimum Gasteiger partial charge on any atom is -1.00 e. The topological polar surface area (TPSA) is 34.6 Å². The van der Waals surface area contributed by atoms with E-state index in [2.05, 4.69) is 49.1 Å². The van der Waals surface area contributed by atoms with Crippen LogP contribution in [-0.4, -0.2) is 45.5 Å². The lowest BCUT2D eigenvalue weighted by molar-refractivity contribution is -0.00000619. The molecule has 0 unspecified atom stereocenters. The number of anilines is 1. The van der Waals surface area contributed by atoms with Crippen molar-refractivity contribution in [1.29, 1.82) is 0 Å². The summed E-state index contributed by atoms with van der Waals surface area (Å²) in [7, 11) is 3.49. The van der Waals surface area contributed by atoms with Crippen LogP contribution in [0.3, 0.4) is 0 Å². The zero-order chi connectivity index (χ0) is 18.5. The summed E-state index contributed by atoms with van der Waals surface area (Å²) in [4.78, 5) is 7.35. The molecule has 0 bridgehead atoms. The van der Waals surface area contributed by atoms with Gasteiger partial charge in [0.05, 0.1) is 13.2 Å². The second-order valence-electron chi connectivity index (χ2n) is 6.41. The number of benzene rings is 2. The van der Waals surface area contributed by atoms with Crippen LogP contribution in [0.15, 0.2) is 30.3 Å². The number of hydrogen-bond donors (Lipinski definition) is 0. The van der Waals surface area contributed by atoms with Crippen LogP contribution in [0.5, 0.6) is 0 Å². The number of aromatic nitrogens is 1. The van der Waals surface area contributed by atoms with Gasteiger partial charge in [-0.1, -0.05) is 19.1 Å². The van der Waals surface area contributed by atoms with E-state index in [9.17, 15) is 0 Å². The highest BCUT2D eigenvalue weighted by Crippen LogP contribution is 2.33. The van der Waals surface area contributed by atoms with Crippen molar-refractivity contribution < 1.29 is 33.5 Å². The fourth-order valence-corrected chi connectivity index (χ4v) is 4.31. The zero-order valence-electron chi connectivity index (χ0n) is 17.2. The molecule has 0 N–H and O–H groups in total. The average molecular weight is 754 g/mol. The van der Waals surface area contributed by atoms with Crippen LogP contribution in [0, 0.1) is 6.92 Å². The normalized spacial score (nSPS) is 10.2. The van der Waals surface area contributed by atoms with Crippen molar-refractivity contribution in [2.45, 2.75) is 20.3 Å². The summed E-state index contributed by atoms with van der Waals surface area (Å²) in [5, 5.41) is 0. The molecule has 0 aliphatic heterocycles. The second-order valence-corrected chi connectivity index (χ2v) is 7.50. The van der Waals surface area contributed by atoms with E-state index in [1.165, 1.54) is 26.2 Å². The molecule has 4 nitrogen and oxygen atoms in total. The molecular formula is C21H29I3N2O2S. The first kappa shape index (κ1) is 29.4. The largest absolute Gasteiger partial charge is 1.00 e. The summed E-state index contributed by atoms with van der Waals surface area (Å²) < 4.78 is 13.1. The predicted octanol–water partition coefficient (Wildman–Crippen LogP) is 2.94. The third-order valence-corrected chi connectivity index (χ3v) is 5.74. The smallest absolute Gasteiger partial charge is 0.259 e. The monoisotopic (exact) mass is 754 g/mol. The van der Waals surface area contributed by atoms with Crippen molar-refractivity contribution in [3.05, 3.63) is 41.5 Å². The van der Waals surface area contributed by atoms with Gasteiger partial charge in [-0.3, -0.25) is 0 Å². The molecule has 3 rings (SSSR count). The quantitative estimate of drug-likeness (QED) is 0.202. The Morgan fingerprint density at radius 3 is 2.21 bits per heavy atom. The molecule has 0 saturated heterocycles. The van der Waals surface area contributed by atoms with E-state index in [1.807, 2.05) is 11.3 Å². The number of ether oxygens (including phenoxy) is 2. The number of nitrogens with zero attached hydrogens (tertiary/aromatic N) is 2. The SMILES string of the molecule is CCc1cc(N(CCOC)CCOC)cc2[s+]c3cccc(C)c3nc12.I.I.[I-]. The highest BCUT2D eigenvalue weighted by atomic mass is 127. The predicted molar refractivity (Wildman–Crippen MR) is 142 cm³/mol. The first-order valence-corrected chi connectivity index (χ1v) is 9.88. The van der Waals surface area contributed by atoms with Crippen molar-refractivity contribution in [3.63, 3.8) is 0 Å². The second kappa shape index (κ2) is 14.4. The lowest BCUT2D eigenvalue weighted by atomic mass is 10.1. The molecule has 0 spiro atoms. The molecule has 162 valence electrons. The van der Waals surface area contributed by atoms with Gasteiger partial charge in [-0.2, -0.15) is 0 Å². The van der Waals surface area contributed by atoms with E-state index < -0.39 is 0 Å².